The van der Waals surface area contributed by atoms with Crippen LogP contribution < -0.4 is 15.8 Å². The molecule has 6 heteroatoms. The molecule has 0 aliphatic carbocycles. The molecular formula is C18H20ClFN2O2. The molecule has 3 N–H and O–H groups in total. The van der Waals surface area contributed by atoms with Gasteiger partial charge in [-0.15, -0.1) is 0 Å². The van der Waals surface area contributed by atoms with Crippen molar-refractivity contribution < 1.29 is 13.9 Å². The van der Waals surface area contributed by atoms with Crippen molar-refractivity contribution >= 4 is 17.5 Å². The summed E-state index contributed by atoms with van der Waals surface area (Å²) in [5.74, 6) is -0.597. The van der Waals surface area contributed by atoms with Crippen LogP contribution in [0.5, 0.6) is 11.5 Å². The van der Waals surface area contributed by atoms with E-state index in [1.54, 1.807) is 43.3 Å². The Hall–Kier alpha value is -2.11. The quantitative estimate of drug-likeness (QED) is 0.787. The zero-order valence-electron chi connectivity index (χ0n) is 13.6. The highest BCUT2D eigenvalue weighted by Gasteiger charge is 2.23. The summed E-state index contributed by atoms with van der Waals surface area (Å²) < 4.78 is 20.5. The maximum absolute atomic E-state index is 14.9. The van der Waals surface area contributed by atoms with E-state index in [4.69, 9.17) is 22.1 Å². The van der Waals surface area contributed by atoms with Gasteiger partial charge in [0.15, 0.2) is 11.6 Å². The summed E-state index contributed by atoms with van der Waals surface area (Å²) in [6.45, 7) is 3.53. The number of carbonyl (C=O) groups excluding carboxylic acids is 1. The van der Waals surface area contributed by atoms with Crippen LogP contribution in [-0.2, 0) is 4.79 Å². The number of hydrogen-bond acceptors (Lipinski definition) is 3. The van der Waals surface area contributed by atoms with E-state index in [0.29, 0.717) is 17.7 Å². The van der Waals surface area contributed by atoms with Crippen molar-refractivity contribution in [2.45, 2.75) is 32.4 Å². The minimum Gasteiger partial charge on any atom is -0.453 e. The molecule has 0 saturated heterocycles. The third kappa shape index (κ3) is 4.24. The number of hydrogen-bond donors (Lipinski definition) is 2. The smallest absolute Gasteiger partial charge is 0.234 e. The lowest BCUT2D eigenvalue weighted by atomic mass is 10.0. The highest BCUT2D eigenvalue weighted by molar-refractivity contribution is 6.32. The highest BCUT2D eigenvalue weighted by atomic mass is 35.5. The second-order valence-corrected chi connectivity index (χ2v) is 5.85. The molecule has 4 nitrogen and oxygen atoms in total. The summed E-state index contributed by atoms with van der Waals surface area (Å²) in [6, 6.07) is 11.0. The molecule has 0 aromatic heterocycles. The van der Waals surface area contributed by atoms with E-state index in [-0.39, 0.29) is 16.8 Å². The third-order valence-electron chi connectivity index (χ3n) is 3.70. The molecule has 0 heterocycles. The molecule has 0 bridgehead atoms. The number of amides is 1. The molecule has 2 aromatic carbocycles. The maximum atomic E-state index is 14.9. The van der Waals surface area contributed by atoms with Crippen LogP contribution in [0.25, 0.3) is 0 Å². The summed E-state index contributed by atoms with van der Waals surface area (Å²) in [5.41, 5.74) is 5.65. The predicted octanol–water partition coefficient (Wildman–Crippen LogP) is 4.19. The second-order valence-electron chi connectivity index (χ2n) is 5.45. The van der Waals surface area contributed by atoms with E-state index in [0.717, 1.165) is 0 Å². The molecule has 0 spiro atoms. The number of rotatable bonds is 7. The lowest BCUT2D eigenvalue weighted by Gasteiger charge is -2.22. The topological polar surface area (TPSA) is 64.3 Å². The Balaban J connectivity index is 2.34. The summed E-state index contributed by atoms with van der Waals surface area (Å²) in [5, 5.41) is 3.20. The van der Waals surface area contributed by atoms with Crippen LogP contribution in [0.3, 0.4) is 0 Å². The molecule has 24 heavy (non-hydrogen) atoms. The third-order valence-corrected chi connectivity index (χ3v) is 4.00. The Labute approximate surface area is 145 Å². The summed E-state index contributed by atoms with van der Waals surface area (Å²) >= 11 is 6.10. The van der Waals surface area contributed by atoms with E-state index in [9.17, 15) is 9.18 Å². The van der Waals surface area contributed by atoms with Gasteiger partial charge in [0.2, 0.25) is 5.91 Å². The van der Waals surface area contributed by atoms with Gasteiger partial charge < -0.3 is 10.5 Å². The van der Waals surface area contributed by atoms with Gasteiger partial charge >= 0.3 is 0 Å². The molecule has 0 aliphatic heterocycles. The van der Waals surface area contributed by atoms with E-state index in [1.165, 1.54) is 0 Å². The van der Waals surface area contributed by atoms with E-state index in [1.807, 2.05) is 13.0 Å². The fourth-order valence-corrected chi connectivity index (χ4v) is 2.51. The van der Waals surface area contributed by atoms with E-state index in [2.05, 4.69) is 5.32 Å². The van der Waals surface area contributed by atoms with Crippen molar-refractivity contribution in [1.29, 1.82) is 0 Å². The Morgan fingerprint density at radius 1 is 1.29 bits per heavy atom. The molecular weight excluding hydrogens is 331 g/mol. The summed E-state index contributed by atoms with van der Waals surface area (Å²) in [4.78, 5) is 11.2. The number of nitrogens with one attached hydrogen (secondary N) is 1. The number of nitrogens with two attached hydrogens (primary N) is 1. The number of carbonyl (C=O) groups is 1. The Kier molecular flexibility index (Phi) is 6.17. The zero-order valence-corrected chi connectivity index (χ0v) is 14.3. The lowest BCUT2D eigenvalue weighted by Crippen LogP contribution is -2.40. The predicted molar refractivity (Wildman–Crippen MR) is 92.8 cm³/mol. The number of halogens is 2. The normalized spacial score (nSPS) is 13.3. The number of para-hydroxylation sites is 1. The van der Waals surface area contributed by atoms with Crippen molar-refractivity contribution in [2.24, 2.45) is 5.73 Å². The lowest BCUT2D eigenvalue weighted by molar-refractivity contribution is -0.119. The molecule has 0 radical (unpaired) electrons. The van der Waals surface area contributed by atoms with Crippen LogP contribution in [0.4, 0.5) is 4.39 Å². The Morgan fingerprint density at radius 2 is 1.96 bits per heavy atom. The fraction of sp³-hybridized carbons (Fsp3) is 0.278. The van der Waals surface area contributed by atoms with E-state index < -0.39 is 17.8 Å². The van der Waals surface area contributed by atoms with Crippen LogP contribution in [0.2, 0.25) is 5.02 Å². The Bertz CT molecular complexity index is 710. The molecule has 0 saturated carbocycles. The minimum atomic E-state index is -0.580. The van der Waals surface area contributed by atoms with Gasteiger partial charge in [0, 0.05) is 11.6 Å². The van der Waals surface area contributed by atoms with Crippen molar-refractivity contribution in [2.75, 3.05) is 0 Å². The first kappa shape index (κ1) is 18.2. The van der Waals surface area contributed by atoms with Gasteiger partial charge in [-0.3, -0.25) is 10.1 Å². The zero-order chi connectivity index (χ0) is 17.7. The molecule has 2 atom stereocenters. The van der Waals surface area contributed by atoms with Gasteiger partial charge in [0.05, 0.1) is 11.1 Å². The largest absolute Gasteiger partial charge is 0.453 e. The molecule has 2 rings (SSSR count). The number of benzene rings is 2. The van der Waals surface area contributed by atoms with Gasteiger partial charge in [-0.05, 0) is 31.5 Å². The van der Waals surface area contributed by atoms with Gasteiger partial charge in [-0.1, -0.05) is 42.8 Å². The summed E-state index contributed by atoms with van der Waals surface area (Å²) in [7, 11) is 0. The summed E-state index contributed by atoms with van der Waals surface area (Å²) in [6.07, 6.45) is 0.570. The average molecular weight is 351 g/mol. The Morgan fingerprint density at radius 3 is 2.54 bits per heavy atom. The van der Waals surface area contributed by atoms with Crippen LogP contribution in [0.15, 0.2) is 42.5 Å². The molecule has 1 unspecified atom stereocenters. The monoisotopic (exact) mass is 350 g/mol. The number of primary amides is 1. The van der Waals surface area contributed by atoms with Gasteiger partial charge in [0.25, 0.3) is 0 Å². The van der Waals surface area contributed by atoms with Crippen molar-refractivity contribution in [3.8, 4) is 11.5 Å². The van der Waals surface area contributed by atoms with Crippen molar-refractivity contribution in [3.05, 3.63) is 58.9 Å². The maximum Gasteiger partial charge on any atom is 0.234 e. The minimum absolute atomic E-state index is 0.0349. The van der Waals surface area contributed by atoms with E-state index >= 15 is 0 Å². The first-order valence-electron chi connectivity index (χ1n) is 7.70. The molecule has 128 valence electrons. The van der Waals surface area contributed by atoms with Gasteiger partial charge in [-0.25, -0.2) is 4.39 Å². The highest BCUT2D eigenvalue weighted by Crippen LogP contribution is 2.36. The van der Waals surface area contributed by atoms with Gasteiger partial charge in [-0.2, -0.15) is 0 Å². The van der Waals surface area contributed by atoms with Crippen LogP contribution in [-0.4, -0.2) is 11.9 Å². The van der Waals surface area contributed by atoms with Crippen molar-refractivity contribution in [1.82, 2.24) is 5.32 Å². The van der Waals surface area contributed by atoms with Crippen LogP contribution >= 0.6 is 11.6 Å². The van der Waals surface area contributed by atoms with Crippen LogP contribution in [0.1, 0.15) is 31.9 Å². The molecule has 0 fully saturated rings. The van der Waals surface area contributed by atoms with Gasteiger partial charge in [0.1, 0.15) is 5.75 Å². The van der Waals surface area contributed by atoms with Crippen molar-refractivity contribution in [3.63, 3.8) is 0 Å². The molecule has 0 aliphatic rings. The first-order valence-corrected chi connectivity index (χ1v) is 8.08. The number of ether oxygens (including phenoxy) is 1. The average Bonchev–Trinajstić information content (AvgIpc) is 2.57. The molecule has 1 amide bonds. The molecule has 2 aromatic rings. The van der Waals surface area contributed by atoms with Crippen LogP contribution in [0, 0.1) is 5.82 Å². The SMILES string of the molecule is CC[C@@H](NC(C)C(N)=O)c1ccc(Cl)c(Oc2ccccc2)c1F. The standard InChI is InChI=1S/C18H20ClFN2O2/c1-3-15(22-11(2)18(21)23)13-9-10-14(19)17(16(13)20)24-12-7-5-4-6-8-12/h4-11,15,22H,3H2,1-2H3,(H2,21,23)/t11?,15-/m1/s1. The second kappa shape index (κ2) is 8.13. The fourth-order valence-electron chi connectivity index (χ4n) is 2.33. The first-order chi connectivity index (χ1) is 11.4.